The molecular weight excluding hydrogens is 525 g/mol. The van der Waals surface area contributed by atoms with Gasteiger partial charge in [-0.05, 0) is 6.16 Å². The van der Waals surface area contributed by atoms with Crippen molar-refractivity contribution in [1.82, 2.24) is 0 Å². The summed E-state index contributed by atoms with van der Waals surface area (Å²) in [6, 6.07) is 0. The number of phosphoric acid groups is 2. The molecule has 0 heterocycles. The zero-order valence-electron chi connectivity index (χ0n) is 10.8. The Hall–Kier alpha value is 7.72. The number of halogens is 1. The van der Waals surface area contributed by atoms with Crippen LogP contribution < -0.4 is 103 Å². The van der Waals surface area contributed by atoms with Crippen LogP contribution in [0.2, 0.25) is 0 Å². The standard InChI is InChI=1S/CH2O3.5Ca.ClH.K.2H3O4P/c2-1(3)4;;;;;;;;2*1-5(2,3)4/h(H2,2,3,4);;;;;;1H;;2*(H3,1,2,3,4)/q;5*+2;;+1;;/p-9. The van der Waals surface area contributed by atoms with Crippen LogP contribution in [0.5, 0.6) is 0 Å². The maximum Gasteiger partial charge on any atom is 2.00 e. The Kier molecular flexibility index (Phi) is 115. The van der Waals surface area contributed by atoms with E-state index in [0.29, 0.717) is 0 Å². The largest absolute Gasteiger partial charge is 2.00 e. The Morgan fingerprint density at radius 2 is 0.619 bits per heavy atom. The molecule has 0 saturated heterocycles. The molecule has 0 aliphatic carbocycles. The molecule has 11 nitrogen and oxygen atoms in total. The molecule has 0 amide bonds. The van der Waals surface area contributed by atoms with Crippen molar-refractivity contribution in [1.29, 1.82) is 0 Å². The van der Waals surface area contributed by atoms with E-state index in [4.69, 9.17) is 53.5 Å². The van der Waals surface area contributed by atoms with Crippen molar-refractivity contribution in [3.05, 3.63) is 0 Å². The summed E-state index contributed by atoms with van der Waals surface area (Å²) in [5.41, 5.74) is 0. The fourth-order valence-corrected chi connectivity index (χ4v) is 0. The first-order chi connectivity index (χ1) is 5.73. The van der Waals surface area contributed by atoms with Crippen LogP contribution >= 0.6 is 15.6 Å². The van der Waals surface area contributed by atoms with Gasteiger partial charge < -0.3 is 65.9 Å². The molecule has 0 bridgehead atoms. The van der Waals surface area contributed by atoms with E-state index in [9.17, 15) is 0 Å². The molecule has 20 heteroatoms. The normalized spacial score (nSPS) is 6.76. The molecule has 0 rings (SSSR count). The minimum Gasteiger partial charge on any atom is -1.00 e. The van der Waals surface area contributed by atoms with Gasteiger partial charge in [0.15, 0.2) is 0 Å². The van der Waals surface area contributed by atoms with Crippen molar-refractivity contribution in [2.75, 3.05) is 0 Å². The summed E-state index contributed by atoms with van der Waals surface area (Å²) < 4.78 is 17.1. The first-order valence-electron chi connectivity index (χ1n) is 2.07. The minimum atomic E-state index is -5.39. The summed E-state index contributed by atoms with van der Waals surface area (Å²) >= 11 is 0. The first kappa shape index (κ1) is 63.0. The molecule has 0 aromatic rings. The van der Waals surface area contributed by atoms with E-state index in [1.807, 2.05) is 0 Å². The fraction of sp³-hybridized carbons (Fsp3) is 0. The van der Waals surface area contributed by atoms with E-state index in [1.165, 1.54) is 0 Å². The SMILES string of the molecule is O=C([O-])[O-].O=P([O-])([O-])[O-].O=P([O-])([O-])[O-].[Ca+2].[Ca+2].[Ca+2].[Ca+2].[Ca+2].[Cl-].[K+]. The van der Waals surface area contributed by atoms with Crippen molar-refractivity contribution >= 4 is 210 Å². The molecule has 0 radical (unpaired) electrons. The molecule has 0 N–H and O–H groups in total. The zero-order valence-corrected chi connectivity index (χ0v) is 27.5. The molecule has 0 aromatic carbocycles. The van der Waals surface area contributed by atoms with Crippen LogP contribution in [0.15, 0.2) is 0 Å². The van der Waals surface area contributed by atoms with Crippen LogP contribution in [-0.2, 0) is 9.13 Å². The first-order valence-corrected chi connectivity index (χ1v) is 4.99. The van der Waals surface area contributed by atoms with Crippen molar-refractivity contribution in [3.63, 3.8) is 0 Å². The van der Waals surface area contributed by atoms with E-state index < -0.39 is 21.8 Å². The number of hydrogen-bond donors (Lipinski definition) is 0. The molecule has 0 fully saturated rings. The second-order valence-electron chi connectivity index (χ2n) is 1.14. The van der Waals surface area contributed by atoms with E-state index in [-0.39, 0.29) is 252 Å². The molecule has 0 aliphatic heterocycles. The van der Waals surface area contributed by atoms with Gasteiger partial charge in [-0.25, -0.2) is 0 Å². The van der Waals surface area contributed by atoms with Gasteiger partial charge in [-0.2, -0.15) is 15.6 Å². The predicted octanol–water partition coefficient (Wildman–Crippen LogP) is -16.0. The van der Waals surface area contributed by atoms with Crippen molar-refractivity contribution in [3.8, 4) is 0 Å². The van der Waals surface area contributed by atoms with Gasteiger partial charge in [0.1, 0.15) is 0 Å². The Morgan fingerprint density at radius 1 is 0.619 bits per heavy atom. The zero-order chi connectivity index (χ0) is 12.6. The average Bonchev–Trinajstić information content (AvgIpc) is 1.45. The van der Waals surface area contributed by atoms with Crippen LogP contribution in [0.1, 0.15) is 0 Å². The average molecular weight is 525 g/mol. The summed E-state index contributed by atoms with van der Waals surface area (Å²) in [5.74, 6) is 0. The molecule has 0 spiro atoms. The quantitative estimate of drug-likeness (QED) is 0.213. The van der Waals surface area contributed by atoms with E-state index in [2.05, 4.69) is 0 Å². The molecule has 0 unspecified atom stereocenters. The number of rotatable bonds is 0. The van der Waals surface area contributed by atoms with Crippen LogP contribution in [0.3, 0.4) is 0 Å². The summed E-state index contributed by atoms with van der Waals surface area (Å²) in [6.07, 6.45) is -2.33. The maximum atomic E-state index is 8.55. The Morgan fingerprint density at radius 3 is 0.619 bits per heavy atom. The van der Waals surface area contributed by atoms with Crippen molar-refractivity contribution < 1.29 is 117 Å². The molecular formula is CCa5ClKO11P2+2. The van der Waals surface area contributed by atoms with E-state index >= 15 is 0 Å². The van der Waals surface area contributed by atoms with Crippen molar-refractivity contribution in [2.24, 2.45) is 0 Å². The van der Waals surface area contributed by atoms with Crippen LogP contribution in [0.25, 0.3) is 0 Å². The van der Waals surface area contributed by atoms with Crippen molar-refractivity contribution in [2.45, 2.75) is 0 Å². The third-order valence-corrected chi connectivity index (χ3v) is 0. The summed E-state index contributed by atoms with van der Waals surface area (Å²) in [6.45, 7) is 0. The minimum absolute atomic E-state index is 0. The maximum absolute atomic E-state index is 8.55. The van der Waals surface area contributed by atoms with Crippen LogP contribution in [0, 0.1) is 0 Å². The third kappa shape index (κ3) is 308. The number of carbonyl (C=O) groups excluding carboxylic acids is 1. The van der Waals surface area contributed by atoms with Crippen LogP contribution in [-0.4, -0.2) is 195 Å². The smallest absolute Gasteiger partial charge is 1.00 e. The second-order valence-corrected chi connectivity index (χ2v) is 2.93. The number of hydrogen-bond acceptors (Lipinski definition) is 11. The van der Waals surface area contributed by atoms with Gasteiger partial charge in [0.05, 0.1) is 0 Å². The van der Waals surface area contributed by atoms with Gasteiger partial charge in [0.2, 0.25) is 0 Å². The van der Waals surface area contributed by atoms with Gasteiger partial charge in [-0.1, -0.05) is 0 Å². The molecule has 0 aliphatic rings. The summed E-state index contributed by atoms with van der Waals surface area (Å²) in [4.78, 5) is 59.6. The fourth-order valence-electron chi connectivity index (χ4n) is 0. The van der Waals surface area contributed by atoms with Gasteiger partial charge in [0.25, 0.3) is 0 Å². The summed E-state index contributed by atoms with van der Waals surface area (Å²) in [7, 11) is -10.8. The molecule has 96 valence electrons. The van der Waals surface area contributed by atoms with E-state index in [1.54, 1.807) is 0 Å². The third-order valence-electron chi connectivity index (χ3n) is 0. The van der Waals surface area contributed by atoms with Crippen LogP contribution in [0.4, 0.5) is 4.79 Å². The molecule has 0 atom stereocenters. The molecule has 21 heavy (non-hydrogen) atoms. The predicted molar refractivity (Wildman–Crippen MR) is 49.4 cm³/mol. The van der Waals surface area contributed by atoms with E-state index in [0.717, 1.165) is 0 Å². The second kappa shape index (κ2) is 38.3. The monoisotopic (exact) mass is 524 g/mol. The topological polar surface area (TPSA) is 236 Å². The Labute approximate surface area is 318 Å². The van der Waals surface area contributed by atoms with Gasteiger partial charge >= 0.3 is 240 Å². The number of carboxylic acid groups (broad SMARTS) is 2. The number of carbonyl (C=O) groups is 1. The molecule has 0 saturated carbocycles. The summed E-state index contributed by atoms with van der Waals surface area (Å²) in [5, 5.41) is 16.7. The molecule has 0 aromatic heterocycles. The van der Waals surface area contributed by atoms with Gasteiger partial charge in [-0.3, -0.25) is 0 Å². The van der Waals surface area contributed by atoms with Gasteiger partial charge in [-0.15, -0.1) is 0 Å². The Balaban J connectivity index is -0.00000000930. The van der Waals surface area contributed by atoms with Gasteiger partial charge in [0, 0.05) is 0 Å². The Bertz CT molecular complexity index is 216.